The Morgan fingerprint density at radius 1 is 1.38 bits per heavy atom. The van der Waals surface area contributed by atoms with Gasteiger partial charge in [0.1, 0.15) is 0 Å². The van der Waals surface area contributed by atoms with E-state index in [0.717, 1.165) is 0 Å². The van der Waals surface area contributed by atoms with Crippen LogP contribution in [0.1, 0.15) is 6.92 Å². The predicted octanol–water partition coefficient (Wildman–Crippen LogP) is 0.582. The molecule has 5 nitrogen and oxygen atoms in total. The second kappa shape index (κ2) is 5.29. The highest BCUT2D eigenvalue weighted by atomic mass is 32.2. The summed E-state index contributed by atoms with van der Waals surface area (Å²) in [7, 11) is -1.96. The maximum Gasteiger partial charge on any atom is 0.240 e. The summed E-state index contributed by atoms with van der Waals surface area (Å²) >= 11 is 0. The van der Waals surface area contributed by atoms with Gasteiger partial charge in [0.25, 0.3) is 0 Å². The minimum atomic E-state index is -3.48. The van der Waals surface area contributed by atoms with Gasteiger partial charge in [0, 0.05) is 18.8 Å². The fourth-order valence-electron chi connectivity index (χ4n) is 1.26. The van der Waals surface area contributed by atoms with Gasteiger partial charge in [-0.25, -0.2) is 13.1 Å². The van der Waals surface area contributed by atoms with Crippen LogP contribution in [0, 0.1) is 0 Å². The van der Waals surface area contributed by atoms with E-state index in [1.165, 1.54) is 19.2 Å². The van der Waals surface area contributed by atoms with Crippen molar-refractivity contribution in [2.24, 2.45) is 0 Å². The second-order valence-corrected chi connectivity index (χ2v) is 5.26. The van der Waals surface area contributed by atoms with Crippen LogP contribution in [0.15, 0.2) is 29.2 Å². The van der Waals surface area contributed by atoms with Crippen LogP contribution in [0.2, 0.25) is 0 Å². The minimum Gasteiger partial charge on any atom is -0.399 e. The Labute approximate surface area is 95.7 Å². The van der Waals surface area contributed by atoms with E-state index in [4.69, 9.17) is 10.5 Å². The largest absolute Gasteiger partial charge is 0.399 e. The van der Waals surface area contributed by atoms with Crippen molar-refractivity contribution in [2.75, 3.05) is 19.5 Å². The third-order valence-corrected chi connectivity index (χ3v) is 3.57. The van der Waals surface area contributed by atoms with Gasteiger partial charge in [-0.15, -0.1) is 0 Å². The van der Waals surface area contributed by atoms with Gasteiger partial charge in [-0.3, -0.25) is 0 Å². The molecular weight excluding hydrogens is 228 g/mol. The highest BCUT2D eigenvalue weighted by molar-refractivity contribution is 7.89. The smallest absolute Gasteiger partial charge is 0.240 e. The summed E-state index contributed by atoms with van der Waals surface area (Å²) in [6.07, 6.45) is 0. The van der Waals surface area contributed by atoms with E-state index in [0.29, 0.717) is 12.3 Å². The molecule has 0 unspecified atom stereocenters. The average molecular weight is 244 g/mol. The summed E-state index contributed by atoms with van der Waals surface area (Å²) in [5, 5.41) is 0. The average Bonchev–Trinajstić information content (AvgIpc) is 2.17. The van der Waals surface area contributed by atoms with E-state index in [-0.39, 0.29) is 10.9 Å². The third-order valence-electron chi connectivity index (χ3n) is 1.96. The van der Waals surface area contributed by atoms with E-state index in [1.54, 1.807) is 19.1 Å². The first-order chi connectivity index (χ1) is 7.45. The highest BCUT2D eigenvalue weighted by Gasteiger charge is 2.16. The van der Waals surface area contributed by atoms with Gasteiger partial charge in [-0.1, -0.05) is 0 Å². The number of sulfonamides is 1. The van der Waals surface area contributed by atoms with Crippen molar-refractivity contribution < 1.29 is 13.2 Å². The zero-order valence-electron chi connectivity index (χ0n) is 9.30. The number of rotatable bonds is 5. The van der Waals surface area contributed by atoms with Crippen LogP contribution < -0.4 is 10.5 Å². The van der Waals surface area contributed by atoms with Crippen LogP contribution in [0.4, 0.5) is 5.69 Å². The Hall–Kier alpha value is -1.11. The molecule has 0 saturated carbocycles. The van der Waals surface area contributed by atoms with Crippen LogP contribution in [0.5, 0.6) is 0 Å². The number of anilines is 1. The van der Waals surface area contributed by atoms with E-state index < -0.39 is 10.0 Å². The van der Waals surface area contributed by atoms with Crippen LogP contribution in [0.25, 0.3) is 0 Å². The molecule has 1 atom stereocenters. The first-order valence-electron chi connectivity index (χ1n) is 4.82. The van der Waals surface area contributed by atoms with E-state index in [2.05, 4.69) is 4.72 Å². The molecule has 1 rings (SSSR count). The number of nitrogens with one attached hydrogen (secondary N) is 1. The first-order valence-corrected chi connectivity index (χ1v) is 6.31. The molecule has 0 fully saturated rings. The number of nitrogen functional groups attached to an aromatic ring is 1. The third kappa shape index (κ3) is 3.48. The molecule has 0 radical (unpaired) electrons. The normalized spacial score (nSPS) is 13.6. The Bertz CT molecular complexity index is 428. The topological polar surface area (TPSA) is 81.4 Å². The molecule has 0 aliphatic carbocycles. The summed E-state index contributed by atoms with van der Waals surface area (Å²) in [4.78, 5) is 0.199. The Kier molecular flexibility index (Phi) is 4.28. The predicted molar refractivity (Wildman–Crippen MR) is 62.5 cm³/mol. The van der Waals surface area contributed by atoms with Gasteiger partial charge in [0.15, 0.2) is 0 Å². The van der Waals surface area contributed by atoms with E-state index >= 15 is 0 Å². The van der Waals surface area contributed by atoms with Gasteiger partial charge in [-0.2, -0.15) is 0 Å². The number of hydrogen-bond acceptors (Lipinski definition) is 4. The molecule has 0 heterocycles. The van der Waals surface area contributed by atoms with Crippen LogP contribution in [-0.2, 0) is 14.8 Å². The molecule has 3 N–H and O–H groups in total. The van der Waals surface area contributed by atoms with Crippen LogP contribution >= 0.6 is 0 Å². The standard InChI is InChI=1S/C10H16N2O3S/c1-8(7-15-2)12-16(13,14)10-5-3-9(11)4-6-10/h3-6,8,12H,7,11H2,1-2H3/t8-/m1/s1. The van der Waals surface area contributed by atoms with Crippen molar-refractivity contribution in [1.29, 1.82) is 0 Å². The number of ether oxygens (including phenoxy) is 1. The van der Waals surface area contributed by atoms with E-state index in [1.807, 2.05) is 0 Å². The fraction of sp³-hybridized carbons (Fsp3) is 0.400. The summed E-state index contributed by atoms with van der Waals surface area (Å²) in [6.45, 7) is 2.06. The number of hydrogen-bond donors (Lipinski definition) is 2. The van der Waals surface area contributed by atoms with Crippen LogP contribution in [-0.4, -0.2) is 28.2 Å². The SMILES string of the molecule is COC[C@@H](C)NS(=O)(=O)c1ccc(N)cc1. The maximum atomic E-state index is 11.8. The minimum absolute atomic E-state index is 0.199. The fourth-order valence-corrected chi connectivity index (χ4v) is 2.49. The molecule has 0 aliphatic heterocycles. The number of methoxy groups -OCH3 is 1. The van der Waals surface area contributed by atoms with Crippen LogP contribution in [0.3, 0.4) is 0 Å². The Morgan fingerprint density at radius 3 is 2.44 bits per heavy atom. The molecule has 0 bridgehead atoms. The van der Waals surface area contributed by atoms with Gasteiger partial charge in [0.2, 0.25) is 10.0 Å². The van der Waals surface area contributed by atoms with Gasteiger partial charge >= 0.3 is 0 Å². The highest BCUT2D eigenvalue weighted by Crippen LogP contribution is 2.11. The quantitative estimate of drug-likeness (QED) is 0.742. The molecular formula is C10H16N2O3S. The molecule has 0 saturated heterocycles. The summed E-state index contributed by atoms with van der Waals surface area (Å²) < 4.78 is 31.0. The van der Waals surface area contributed by atoms with Gasteiger partial charge in [0.05, 0.1) is 11.5 Å². The summed E-state index contributed by atoms with van der Waals surface area (Å²) in [5.74, 6) is 0. The molecule has 0 spiro atoms. The number of benzene rings is 1. The van der Waals surface area contributed by atoms with Crippen molar-refractivity contribution >= 4 is 15.7 Å². The zero-order chi connectivity index (χ0) is 12.2. The van der Waals surface area contributed by atoms with Crippen molar-refractivity contribution in [3.8, 4) is 0 Å². The van der Waals surface area contributed by atoms with Crippen molar-refractivity contribution in [1.82, 2.24) is 4.72 Å². The van der Waals surface area contributed by atoms with Gasteiger partial charge in [-0.05, 0) is 31.2 Å². The molecule has 1 aromatic carbocycles. The lowest BCUT2D eigenvalue weighted by Crippen LogP contribution is -2.35. The lowest BCUT2D eigenvalue weighted by Gasteiger charge is -2.13. The first kappa shape index (κ1) is 13.0. The van der Waals surface area contributed by atoms with Crippen molar-refractivity contribution in [3.63, 3.8) is 0 Å². The lowest BCUT2D eigenvalue weighted by atomic mass is 10.3. The second-order valence-electron chi connectivity index (χ2n) is 3.55. The summed E-state index contributed by atoms with van der Waals surface area (Å²) in [6, 6.07) is 5.77. The van der Waals surface area contributed by atoms with Crippen molar-refractivity contribution in [2.45, 2.75) is 17.9 Å². The monoisotopic (exact) mass is 244 g/mol. The Balaban J connectivity index is 2.82. The molecule has 6 heteroatoms. The molecule has 0 aromatic heterocycles. The van der Waals surface area contributed by atoms with Crippen molar-refractivity contribution in [3.05, 3.63) is 24.3 Å². The summed E-state index contributed by atoms with van der Waals surface area (Å²) in [5.41, 5.74) is 6.02. The number of nitrogens with two attached hydrogens (primary N) is 1. The molecule has 16 heavy (non-hydrogen) atoms. The molecule has 0 aliphatic rings. The lowest BCUT2D eigenvalue weighted by molar-refractivity contribution is 0.180. The molecule has 90 valence electrons. The molecule has 0 amide bonds. The van der Waals surface area contributed by atoms with Gasteiger partial charge < -0.3 is 10.5 Å². The maximum absolute atomic E-state index is 11.8. The zero-order valence-corrected chi connectivity index (χ0v) is 10.1. The Morgan fingerprint density at radius 2 is 1.94 bits per heavy atom. The molecule has 1 aromatic rings. The van der Waals surface area contributed by atoms with E-state index in [9.17, 15) is 8.42 Å².